The third-order valence-corrected chi connectivity index (χ3v) is 4.49. The van der Waals surface area contributed by atoms with Crippen molar-refractivity contribution >= 4 is 39.1 Å². The van der Waals surface area contributed by atoms with Gasteiger partial charge in [-0.2, -0.15) is 0 Å². The second-order valence-electron chi connectivity index (χ2n) is 5.06. The number of benzene rings is 1. The Balaban J connectivity index is 2.30. The van der Waals surface area contributed by atoms with Crippen molar-refractivity contribution in [3.05, 3.63) is 33.8 Å². The highest BCUT2D eigenvalue weighted by atomic mass is 79.9. The van der Waals surface area contributed by atoms with Gasteiger partial charge in [0, 0.05) is 16.0 Å². The smallest absolute Gasteiger partial charge is 0.206 e. The number of alkyl halides is 1. The van der Waals surface area contributed by atoms with E-state index >= 15 is 0 Å². The lowest BCUT2D eigenvalue weighted by molar-refractivity contribution is -0.301. The Kier molecular flexibility index (Phi) is 4.81. The number of aliphatic hydroxyl groups is 1. The van der Waals surface area contributed by atoms with Crippen molar-refractivity contribution in [3.63, 3.8) is 0 Å². The van der Waals surface area contributed by atoms with Crippen LogP contribution in [-0.2, 0) is 15.3 Å². The van der Waals surface area contributed by atoms with Crippen molar-refractivity contribution in [2.45, 2.75) is 12.7 Å². The molecule has 0 amide bonds. The van der Waals surface area contributed by atoms with Gasteiger partial charge in [-0.3, -0.25) is 0 Å². The van der Waals surface area contributed by atoms with E-state index in [4.69, 9.17) is 32.7 Å². The first-order valence-electron chi connectivity index (χ1n) is 5.85. The van der Waals surface area contributed by atoms with Gasteiger partial charge in [0.2, 0.25) is 5.79 Å². The summed E-state index contributed by atoms with van der Waals surface area (Å²) in [5, 5.41) is 10.9. The predicted molar refractivity (Wildman–Crippen MR) is 79.0 cm³/mol. The summed E-state index contributed by atoms with van der Waals surface area (Å²) in [7, 11) is 0. The molecule has 3 nitrogen and oxygen atoms in total. The number of hydrogen-bond acceptors (Lipinski definition) is 3. The molecule has 106 valence electrons. The lowest BCUT2D eigenvalue weighted by Gasteiger charge is -2.43. The zero-order valence-corrected chi connectivity index (χ0v) is 13.6. The van der Waals surface area contributed by atoms with E-state index in [1.807, 2.05) is 6.92 Å². The summed E-state index contributed by atoms with van der Waals surface area (Å²) in [5.74, 6) is -0.934. The summed E-state index contributed by atoms with van der Waals surface area (Å²) in [5.41, 5.74) is 0.348. The number of hydrogen-bond donors (Lipinski definition) is 1. The SMILES string of the molecule is CC1(CO)COC(CBr)(c2ccc(Cl)cc2Cl)OC1. The molecular formula is C13H15BrCl2O3. The zero-order chi connectivity index (χ0) is 14.1. The predicted octanol–water partition coefficient (Wildman–Crippen LogP) is 3.59. The van der Waals surface area contributed by atoms with E-state index in [0.717, 1.165) is 5.56 Å². The van der Waals surface area contributed by atoms with E-state index in [9.17, 15) is 5.11 Å². The van der Waals surface area contributed by atoms with Crippen LogP contribution in [0.15, 0.2) is 18.2 Å². The summed E-state index contributed by atoms with van der Waals surface area (Å²) in [6, 6.07) is 5.21. The third-order valence-electron chi connectivity index (χ3n) is 3.21. The Hall–Kier alpha value is 0.160. The highest BCUT2D eigenvalue weighted by Crippen LogP contribution is 2.41. The molecule has 1 aromatic carbocycles. The van der Waals surface area contributed by atoms with Gasteiger partial charge in [0.05, 0.1) is 30.2 Å². The Morgan fingerprint density at radius 2 is 1.95 bits per heavy atom. The molecule has 0 spiro atoms. The molecular weight excluding hydrogens is 355 g/mol. The monoisotopic (exact) mass is 368 g/mol. The Bertz CT molecular complexity index is 459. The van der Waals surface area contributed by atoms with Crippen molar-refractivity contribution in [1.82, 2.24) is 0 Å². The molecule has 1 aromatic rings. The van der Waals surface area contributed by atoms with Crippen molar-refractivity contribution in [3.8, 4) is 0 Å². The number of ether oxygens (including phenoxy) is 2. The number of halogens is 3. The number of aliphatic hydroxyl groups excluding tert-OH is 1. The van der Waals surface area contributed by atoms with Crippen LogP contribution in [0.1, 0.15) is 12.5 Å². The van der Waals surface area contributed by atoms with Gasteiger partial charge in [-0.25, -0.2) is 0 Å². The van der Waals surface area contributed by atoms with Crippen LogP contribution >= 0.6 is 39.1 Å². The quantitative estimate of drug-likeness (QED) is 0.827. The molecule has 2 rings (SSSR count). The summed E-state index contributed by atoms with van der Waals surface area (Å²) < 4.78 is 11.7. The molecule has 1 heterocycles. The molecule has 1 N–H and O–H groups in total. The van der Waals surface area contributed by atoms with Crippen molar-refractivity contribution in [2.24, 2.45) is 5.41 Å². The number of rotatable bonds is 3. The van der Waals surface area contributed by atoms with E-state index in [-0.39, 0.29) is 12.0 Å². The van der Waals surface area contributed by atoms with Crippen LogP contribution in [-0.4, -0.2) is 30.3 Å². The molecule has 0 radical (unpaired) electrons. The Morgan fingerprint density at radius 1 is 1.32 bits per heavy atom. The van der Waals surface area contributed by atoms with Crippen LogP contribution < -0.4 is 0 Å². The molecule has 0 aliphatic carbocycles. The fourth-order valence-corrected chi connectivity index (χ4v) is 3.04. The molecule has 0 aromatic heterocycles. The van der Waals surface area contributed by atoms with E-state index in [1.54, 1.807) is 18.2 Å². The minimum absolute atomic E-state index is 0.0136. The Morgan fingerprint density at radius 3 is 2.42 bits per heavy atom. The minimum atomic E-state index is -0.934. The van der Waals surface area contributed by atoms with Crippen molar-refractivity contribution in [1.29, 1.82) is 0 Å². The van der Waals surface area contributed by atoms with Crippen LogP contribution in [0.5, 0.6) is 0 Å². The lowest BCUT2D eigenvalue weighted by atomic mass is 9.92. The highest BCUT2D eigenvalue weighted by molar-refractivity contribution is 9.09. The maximum atomic E-state index is 9.34. The highest BCUT2D eigenvalue weighted by Gasteiger charge is 2.44. The third kappa shape index (κ3) is 3.09. The lowest BCUT2D eigenvalue weighted by Crippen LogP contribution is -2.49. The molecule has 1 aliphatic heterocycles. The maximum absolute atomic E-state index is 9.34. The first kappa shape index (κ1) is 15.5. The van der Waals surface area contributed by atoms with Gasteiger partial charge >= 0.3 is 0 Å². The van der Waals surface area contributed by atoms with Gasteiger partial charge in [-0.05, 0) is 12.1 Å². The zero-order valence-electron chi connectivity index (χ0n) is 10.5. The Labute approximate surface area is 130 Å². The van der Waals surface area contributed by atoms with Gasteiger partial charge in [0.1, 0.15) is 0 Å². The molecule has 1 saturated heterocycles. The van der Waals surface area contributed by atoms with Crippen LogP contribution in [0.3, 0.4) is 0 Å². The standard InChI is InChI=1S/C13H15BrCl2O3/c1-12(6-17)7-18-13(5-14,19-8-12)10-3-2-9(15)4-11(10)16/h2-4,17H,5-8H2,1H3. The average Bonchev–Trinajstić information content (AvgIpc) is 2.41. The average molecular weight is 370 g/mol. The van der Waals surface area contributed by atoms with Gasteiger partial charge in [-0.15, -0.1) is 0 Å². The topological polar surface area (TPSA) is 38.7 Å². The van der Waals surface area contributed by atoms with E-state index in [2.05, 4.69) is 15.9 Å². The van der Waals surface area contributed by atoms with Crippen LogP contribution in [0.25, 0.3) is 0 Å². The van der Waals surface area contributed by atoms with Gasteiger partial charge in [0.25, 0.3) is 0 Å². The fraction of sp³-hybridized carbons (Fsp3) is 0.538. The van der Waals surface area contributed by atoms with Crippen molar-refractivity contribution in [2.75, 3.05) is 25.2 Å². The molecule has 0 saturated carbocycles. The fourth-order valence-electron chi connectivity index (χ4n) is 1.86. The van der Waals surface area contributed by atoms with E-state index < -0.39 is 5.79 Å². The summed E-state index contributed by atoms with van der Waals surface area (Å²) in [6.45, 7) is 2.72. The minimum Gasteiger partial charge on any atom is -0.396 e. The molecule has 0 atom stereocenters. The van der Waals surface area contributed by atoms with Crippen molar-refractivity contribution < 1.29 is 14.6 Å². The van der Waals surface area contributed by atoms with Gasteiger partial charge in [0.15, 0.2) is 0 Å². The summed E-state index contributed by atoms with van der Waals surface area (Å²) in [4.78, 5) is 0. The van der Waals surface area contributed by atoms with E-state index in [1.165, 1.54) is 0 Å². The van der Waals surface area contributed by atoms with Crippen LogP contribution in [0, 0.1) is 5.41 Å². The summed E-state index contributed by atoms with van der Waals surface area (Å²) >= 11 is 15.5. The molecule has 1 aliphatic rings. The molecule has 0 bridgehead atoms. The maximum Gasteiger partial charge on any atom is 0.206 e. The molecule has 19 heavy (non-hydrogen) atoms. The second kappa shape index (κ2) is 5.88. The first-order chi connectivity index (χ1) is 8.95. The second-order valence-corrected chi connectivity index (χ2v) is 6.46. The molecule has 1 fully saturated rings. The molecule has 6 heteroatoms. The van der Waals surface area contributed by atoms with Gasteiger partial charge < -0.3 is 14.6 Å². The van der Waals surface area contributed by atoms with Crippen LogP contribution in [0.4, 0.5) is 0 Å². The normalized spacial score (nSPS) is 31.4. The van der Waals surface area contributed by atoms with Crippen LogP contribution in [0.2, 0.25) is 10.0 Å². The molecule has 0 unspecified atom stereocenters. The van der Waals surface area contributed by atoms with Gasteiger partial charge in [-0.1, -0.05) is 52.1 Å². The first-order valence-corrected chi connectivity index (χ1v) is 7.73. The van der Waals surface area contributed by atoms with E-state index in [0.29, 0.717) is 28.6 Å². The largest absolute Gasteiger partial charge is 0.396 e. The summed E-state index contributed by atoms with van der Waals surface area (Å²) in [6.07, 6.45) is 0.